The Bertz CT molecular complexity index is 636. The molecule has 0 saturated carbocycles. The Labute approximate surface area is 135 Å². The van der Waals surface area contributed by atoms with Crippen LogP contribution in [0.2, 0.25) is 0 Å². The van der Waals surface area contributed by atoms with Gasteiger partial charge in [-0.1, -0.05) is 47.7 Å². The maximum absolute atomic E-state index is 12.4. The standard InChI is InChI=1S/C18H19NO2S/c1-3-21-13-17(22-16-7-5-4-6-8-16)18(20)19-15-11-9-14(2)10-12-15/h4-13H,3H2,1-2H3,(H,19,20)/b17-13-. The smallest absolute Gasteiger partial charge is 0.265 e. The molecule has 2 aromatic rings. The lowest BCUT2D eigenvalue weighted by Crippen LogP contribution is -2.13. The molecule has 22 heavy (non-hydrogen) atoms. The molecule has 2 aromatic carbocycles. The summed E-state index contributed by atoms with van der Waals surface area (Å²) in [6.45, 7) is 4.42. The third kappa shape index (κ3) is 4.97. The molecular weight excluding hydrogens is 294 g/mol. The van der Waals surface area contributed by atoms with Crippen molar-refractivity contribution in [1.82, 2.24) is 0 Å². The van der Waals surface area contributed by atoms with E-state index in [0.717, 1.165) is 16.1 Å². The van der Waals surface area contributed by atoms with Gasteiger partial charge in [-0.3, -0.25) is 4.79 Å². The number of anilines is 1. The van der Waals surface area contributed by atoms with Crippen LogP contribution in [-0.4, -0.2) is 12.5 Å². The maximum Gasteiger partial charge on any atom is 0.265 e. The highest BCUT2D eigenvalue weighted by molar-refractivity contribution is 8.04. The van der Waals surface area contributed by atoms with Gasteiger partial charge in [0.25, 0.3) is 5.91 Å². The molecule has 0 aromatic heterocycles. The lowest BCUT2D eigenvalue weighted by atomic mass is 10.2. The van der Waals surface area contributed by atoms with Crippen molar-refractivity contribution < 1.29 is 9.53 Å². The van der Waals surface area contributed by atoms with Crippen molar-refractivity contribution in [3.63, 3.8) is 0 Å². The minimum Gasteiger partial charge on any atom is -0.500 e. The fraction of sp³-hybridized carbons (Fsp3) is 0.167. The number of thioether (sulfide) groups is 1. The van der Waals surface area contributed by atoms with Crippen LogP contribution in [0.5, 0.6) is 0 Å². The zero-order chi connectivity index (χ0) is 15.8. The summed E-state index contributed by atoms with van der Waals surface area (Å²) in [6, 6.07) is 17.5. The van der Waals surface area contributed by atoms with E-state index in [4.69, 9.17) is 4.74 Å². The van der Waals surface area contributed by atoms with E-state index in [1.54, 1.807) is 0 Å². The highest BCUT2D eigenvalue weighted by atomic mass is 32.2. The number of hydrogen-bond donors (Lipinski definition) is 1. The average molecular weight is 313 g/mol. The summed E-state index contributed by atoms with van der Waals surface area (Å²) in [7, 11) is 0. The quantitative estimate of drug-likeness (QED) is 0.481. The van der Waals surface area contributed by atoms with Crippen LogP contribution >= 0.6 is 11.8 Å². The Hall–Kier alpha value is -2.20. The number of aryl methyl sites for hydroxylation is 1. The van der Waals surface area contributed by atoms with Crippen molar-refractivity contribution in [3.8, 4) is 0 Å². The molecule has 0 spiro atoms. The first kappa shape index (κ1) is 16.2. The van der Waals surface area contributed by atoms with Crippen LogP contribution in [-0.2, 0) is 9.53 Å². The fourth-order valence-electron chi connectivity index (χ4n) is 1.73. The predicted molar refractivity (Wildman–Crippen MR) is 91.8 cm³/mol. The first-order valence-electron chi connectivity index (χ1n) is 7.11. The second-order valence-electron chi connectivity index (χ2n) is 4.67. The van der Waals surface area contributed by atoms with Gasteiger partial charge in [-0.2, -0.15) is 0 Å². The van der Waals surface area contributed by atoms with Crippen molar-refractivity contribution in [3.05, 3.63) is 71.3 Å². The minimum absolute atomic E-state index is 0.175. The Morgan fingerprint density at radius 3 is 2.45 bits per heavy atom. The van der Waals surface area contributed by atoms with E-state index in [1.807, 2.05) is 68.4 Å². The molecule has 0 atom stereocenters. The molecule has 3 nitrogen and oxygen atoms in total. The fourth-order valence-corrected chi connectivity index (χ4v) is 2.54. The molecule has 1 amide bonds. The highest BCUT2D eigenvalue weighted by Crippen LogP contribution is 2.27. The lowest BCUT2D eigenvalue weighted by Gasteiger charge is -2.09. The van der Waals surface area contributed by atoms with Crippen molar-refractivity contribution in [2.45, 2.75) is 18.7 Å². The summed E-state index contributed by atoms with van der Waals surface area (Å²) < 4.78 is 5.30. The van der Waals surface area contributed by atoms with Crippen LogP contribution in [0.1, 0.15) is 12.5 Å². The molecule has 0 aliphatic heterocycles. The van der Waals surface area contributed by atoms with Crippen LogP contribution in [0.3, 0.4) is 0 Å². The highest BCUT2D eigenvalue weighted by Gasteiger charge is 2.12. The van der Waals surface area contributed by atoms with Gasteiger partial charge in [0.2, 0.25) is 0 Å². The number of rotatable bonds is 6. The number of nitrogens with one attached hydrogen (secondary N) is 1. The third-order valence-electron chi connectivity index (χ3n) is 2.86. The van der Waals surface area contributed by atoms with Crippen LogP contribution in [0, 0.1) is 6.92 Å². The molecule has 0 aliphatic rings. The summed E-state index contributed by atoms with van der Waals surface area (Å²) in [5.74, 6) is -0.175. The molecule has 0 saturated heterocycles. The van der Waals surface area contributed by atoms with Gasteiger partial charge in [-0.15, -0.1) is 0 Å². The lowest BCUT2D eigenvalue weighted by molar-refractivity contribution is -0.112. The van der Waals surface area contributed by atoms with Crippen molar-refractivity contribution in [2.75, 3.05) is 11.9 Å². The van der Waals surface area contributed by atoms with Gasteiger partial charge < -0.3 is 10.1 Å². The van der Waals surface area contributed by atoms with Gasteiger partial charge in [0.15, 0.2) is 0 Å². The van der Waals surface area contributed by atoms with Gasteiger partial charge in [-0.25, -0.2) is 0 Å². The van der Waals surface area contributed by atoms with E-state index < -0.39 is 0 Å². The number of carbonyl (C=O) groups is 1. The van der Waals surface area contributed by atoms with E-state index in [-0.39, 0.29) is 5.91 Å². The average Bonchev–Trinajstić information content (AvgIpc) is 2.54. The molecule has 114 valence electrons. The van der Waals surface area contributed by atoms with Gasteiger partial charge in [0, 0.05) is 10.6 Å². The van der Waals surface area contributed by atoms with E-state index in [1.165, 1.54) is 18.0 Å². The molecule has 0 radical (unpaired) electrons. The second-order valence-corrected chi connectivity index (χ2v) is 5.79. The van der Waals surface area contributed by atoms with Crippen LogP contribution < -0.4 is 5.32 Å². The van der Waals surface area contributed by atoms with Crippen LogP contribution in [0.4, 0.5) is 5.69 Å². The molecule has 0 bridgehead atoms. The van der Waals surface area contributed by atoms with Crippen LogP contribution in [0.15, 0.2) is 70.7 Å². The molecule has 0 aliphatic carbocycles. The van der Waals surface area contributed by atoms with E-state index >= 15 is 0 Å². The third-order valence-corrected chi connectivity index (χ3v) is 3.87. The monoisotopic (exact) mass is 313 g/mol. The van der Waals surface area contributed by atoms with Gasteiger partial charge >= 0.3 is 0 Å². The first-order chi connectivity index (χ1) is 10.7. The van der Waals surface area contributed by atoms with E-state index in [2.05, 4.69) is 5.32 Å². The predicted octanol–water partition coefficient (Wildman–Crippen LogP) is 4.60. The number of ether oxygens (including phenoxy) is 1. The van der Waals surface area contributed by atoms with Crippen molar-refractivity contribution in [1.29, 1.82) is 0 Å². The number of hydrogen-bond acceptors (Lipinski definition) is 3. The minimum atomic E-state index is -0.175. The maximum atomic E-state index is 12.4. The zero-order valence-corrected chi connectivity index (χ0v) is 13.5. The normalized spacial score (nSPS) is 11.1. The summed E-state index contributed by atoms with van der Waals surface area (Å²) in [4.78, 5) is 13.9. The summed E-state index contributed by atoms with van der Waals surface area (Å²) >= 11 is 1.38. The first-order valence-corrected chi connectivity index (χ1v) is 7.93. The van der Waals surface area contributed by atoms with Crippen molar-refractivity contribution in [2.24, 2.45) is 0 Å². The van der Waals surface area contributed by atoms with Gasteiger partial charge in [0.05, 0.1) is 6.61 Å². The number of amides is 1. The van der Waals surface area contributed by atoms with E-state index in [9.17, 15) is 4.79 Å². The SMILES string of the molecule is CCO/C=C(\Sc1ccccc1)C(=O)Nc1ccc(C)cc1. The molecule has 4 heteroatoms. The molecule has 0 fully saturated rings. The molecule has 0 heterocycles. The van der Waals surface area contributed by atoms with Crippen LogP contribution in [0.25, 0.3) is 0 Å². The molecule has 0 unspecified atom stereocenters. The number of benzene rings is 2. The Morgan fingerprint density at radius 1 is 1.14 bits per heavy atom. The second kappa shape index (κ2) is 8.29. The van der Waals surface area contributed by atoms with Gasteiger partial charge in [0.1, 0.15) is 11.2 Å². The Balaban J connectivity index is 2.10. The number of carbonyl (C=O) groups excluding carboxylic acids is 1. The van der Waals surface area contributed by atoms with E-state index in [0.29, 0.717) is 11.5 Å². The Morgan fingerprint density at radius 2 is 1.82 bits per heavy atom. The van der Waals surface area contributed by atoms with Gasteiger partial charge in [-0.05, 0) is 38.1 Å². The topological polar surface area (TPSA) is 38.3 Å². The largest absolute Gasteiger partial charge is 0.500 e. The molecule has 1 N–H and O–H groups in total. The molecular formula is C18H19NO2S. The summed E-state index contributed by atoms with van der Waals surface area (Å²) in [5.41, 5.74) is 1.92. The zero-order valence-electron chi connectivity index (χ0n) is 12.7. The van der Waals surface area contributed by atoms with Crippen molar-refractivity contribution >= 4 is 23.4 Å². The summed E-state index contributed by atoms with van der Waals surface area (Å²) in [6.07, 6.45) is 1.52. The molecule has 2 rings (SSSR count). The Kier molecular flexibility index (Phi) is 6.10. The summed E-state index contributed by atoms with van der Waals surface area (Å²) in [5, 5.41) is 2.89.